The van der Waals surface area contributed by atoms with Gasteiger partial charge in [-0.3, -0.25) is 4.90 Å². The van der Waals surface area contributed by atoms with Crippen LogP contribution in [0, 0.1) is 18.3 Å². The highest BCUT2D eigenvalue weighted by atomic mass is 16.3. The average molecular weight is 178 g/mol. The van der Waals surface area contributed by atoms with Gasteiger partial charge in [-0.15, -0.1) is 0 Å². The Hall–Kier alpha value is -1.27. The van der Waals surface area contributed by atoms with Crippen molar-refractivity contribution in [2.45, 2.75) is 19.4 Å². The van der Waals surface area contributed by atoms with Crippen LogP contribution in [0.1, 0.15) is 24.0 Å². The highest BCUT2D eigenvalue weighted by Crippen LogP contribution is 2.23. The predicted molar refractivity (Wildman–Crippen MR) is 50.1 cm³/mol. The summed E-state index contributed by atoms with van der Waals surface area (Å²) in [6.07, 6.45) is 0.458. The van der Waals surface area contributed by atoms with E-state index in [1.54, 1.807) is 0 Å². The maximum absolute atomic E-state index is 8.64. The van der Waals surface area contributed by atoms with Crippen molar-refractivity contribution in [1.29, 1.82) is 5.26 Å². The second kappa shape index (κ2) is 4.11. The van der Waals surface area contributed by atoms with Crippen LogP contribution in [0.2, 0.25) is 0 Å². The summed E-state index contributed by atoms with van der Waals surface area (Å²) in [4.78, 5) is 1.99. The normalized spacial score (nSPS) is 12.8. The number of hydrogen-bond acceptors (Lipinski definition) is 3. The molecule has 1 unspecified atom stereocenters. The Bertz CT molecular complexity index is 309. The average Bonchev–Trinajstić information content (AvgIpc) is 2.46. The summed E-state index contributed by atoms with van der Waals surface area (Å²) in [6, 6.07) is 6.07. The van der Waals surface area contributed by atoms with E-state index in [2.05, 4.69) is 6.07 Å². The van der Waals surface area contributed by atoms with Crippen molar-refractivity contribution in [3.63, 3.8) is 0 Å². The summed E-state index contributed by atoms with van der Waals surface area (Å²) in [7, 11) is 3.89. The van der Waals surface area contributed by atoms with Gasteiger partial charge in [-0.25, -0.2) is 0 Å². The number of nitrogens with zero attached hydrogens (tertiary/aromatic N) is 2. The van der Waals surface area contributed by atoms with Crippen LogP contribution >= 0.6 is 0 Å². The van der Waals surface area contributed by atoms with Crippen LogP contribution in [-0.4, -0.2) is 19.0 Å². The molecule has 0 radical (unpaired) electrons. The van der Waals surface area contributed by atoms with Gasteiger partial charge in [0.2, 0.25) is 0 Å². The van der Waals surface area contributed by atoms with Crippen molar-refractivity contribution in [2.24, 2.45) is 0 Å². The SMILES string of the molecule is Cc1ccc(C(CC#N)N(C)C)o1. The van der Waals surface area contributed by atoms with Crippen molar-refractivity contribution < 1.29 is 4.42 Å². The maximum Gasteiger partial charge on any atom is 0.122 e. The van der Waals surface area contributed by atoms with Crippen LogP contribution in [0.4, 0.5) is 0 Å². The van der Waals surface area contributed by atoms with E-state index in [0.29, 0.717) is 6.42 Å². The summed E-state index contributed by atoms with van der Waals surface area (Å²) >= 11 is 0. The molecule has 0 aliphatic rings. The fourth-order valence-electron chi connectivity index (χ4n) is 1.26. The molecule has 0 amide bonds. The van der Waals surface area contributed by atoms with Gasteiger partial charge in [-0.05, 0) is 33.2 Å². The Balaban J connectivity index is 2.83. The van der Waals surface area contributed by atoms with E-state index in [4.69, 9.17) is 9.68 Å². The van der Waals surface area contributed by atoms with Gasteiger partial charge in [0.15, 0.2) is 0 Å². The zero-order chi connectivity index (χ0) is 9.84. The van der Waals surface area contributed by atoms with Crippen LogP contribution in [-0.2, 0) is 0 Å². The third kappa shape index (κ3) is 2.33. The minimum atomic E-state index is 0.0682. The lowest BCUT2D eigenvalue weighted by Gasteiger charge is -2.18. The van der Waals surface area contributed by atoms with Crippen molar-refractivity contribution >= 4 is 0 Å². The molecule has 0 bridgehead atoms. The quantitative estimate of drug-likeness (QED) is 0.711. The molecule has 0 N–H and O–H groups in total. The molecule has 0 aromatic carbocycles. The van der Waals surface area contributed by atoms with Crippen LogP contribution in [0.3, 0.4) is 0 Å². The molecule has 3 nitrogen and oxygen atoms in total. The lowest BCUT2D eigenvalue weighted by Crippen LogP contribution is -2.18. The van der Waals surface area contributed by atoms with E-state index >= 15 is 0 Å². The molecule has 1 heterocycles. The number of furan rings is 1. The summed E-state index contributed by atoms with van der Waals surface area (Å²) in [5.41, 5.74) is 0. The van der Waals surface area contributed by atoms with E-state index in [1.807, 2.05) is 38.1 Å². The first-order valence-electron chi connectivity index (χ1n) is 4.25. The van der Waals surface area contributed by atoms with E-state index in [1.165, 1.54) is 0 Å². The first kappa shape index (κ1) is 9.82. The maximum atomic E-state index is 8.64. The third-order valence-electron chi connectivity index (χ3n) is 2.00. The zero-order valence-corrected chi connectivity index (χ0v) is 8.24. The van der Waals surface area contributed by atoms with Gasteiger partial charge >= 0.3 is 0 Å². The molecule has 1 aromatic heterocycles. The number of hydrogen-bond donors (Lipinski definition) is 0. The van der Waals surface area contributed by atoms with Gasteiger partial charge in [0.25, 0.3) is 0 Å². The van der Waals surface area contributed by atoms with Crippen molar-refractivity contribution in [1.82, 2.24) is 4.90 Å². The molecule has 0 aliphatic carbocycles. The van der Waals surface area contributed by atoms with E-state index in [0.717, 1.165) is 11.5 Å². The van der Waals surface area contributed by atoms with E-state index in [9.17, 15) is 0 Å². The molecule has 3 heteroatoms. The van der Waals surface area contributed by atoms with E-state index < -0.39 is 0 Å². The van der Waals surface area contributed by atoms with Crippen LogP contribution < -0.4 is 0 Å². The molecule has 0 saturated carbocycles. The lowest BCUT2D eigenvalue weighted by molar-refractivity contribution is 0.259. The Labute approximate surface area is 78.6 Å². The van der Waals surface area contributed by atoms with Crippen LogP contribution in [0.15, 0.2) is 16.5 Å². The molecule has 0 spiro atoms. The van der Waals surface area contributed by atoms with Gasteiger partial charge in [0.05, 0.1) is 18.5 Å². The van der Waals surface area contributed by atoms with Crippen molar-refractivity contribution in [3.8, 4) is 6.07 Å². The van der Waals surface area contributed by atoms with E-state index in [-0.39, 0.29) is 6.04 Å². The first-order valence-corrected chi connectivity index (χ1v) is 4.25. The molecule has 0 saturated heterocycles. The first-order chi connectivity index (χ1) is 6.15. The van der Waals surface area contributed by atoms with Gasteiger partial charge < -0.3 is 4.42 Å². The summed E-state index contributed by atoms with van der Waals surface area (Å²) in [5.74, 6) is 1.75. The summed E-state index contributed by atoms with van der Waals surface area (Å²) in [6.45, 7) is 1.91. The molecule has 70 valence electrons. The topological polar surface area (TPSA) is 40.2 Å². The van der Waals surface area contributed by atoms with Gasteiger partial charge in [-0.1, -0.05) is 0 Å². The lowest BCUT2D eigenvalue weighted by atomic mass is 10.1. The molecule has 1 rings (SSSR count). The molecular formula is C10H14N2O. The van der Waals surface area contributed by atoms with Crippen LogP contribution in [0.5, 0.6) is 0 Å². The highest BCUT2D eigenvalue weighted by molar-refractivity contribution is 5.11. The largest absolute Gasteiger partial charge is 0.465 e. The smallest absolute Gasteiger partial charge is 0.122 e. The van der Waals surface area contributed by atoms with Gasteiger partial charge in [0.1, 0.15) is 11.5 Å². The minimum Gasteiger partial charge on any atom is -0.465 e. The molecule has 1 aromatic rings. The molecular weight excluding hydrogens is 164 g/mol. The second-order valence-electron chi connectivity index (χ2n) is 3.29. The fourth-order valence-corrected chi connectivity index (χ4v) is 1.26. The van der Waals surface area contributed by atoms with Crippen molar-refractivity contribution in [3.05, 3.63) is 23.7 Å². The zero-order valence-electron chi connectivity index (χ0n) is 8.24. The third-order valence-corrected chi connectivity index (χ3v) is 2.00. The fraction of sp³-hybridized carbons (Fsp3) is 0.500. The minimum absolute atomic E-state index is 0.0682. The Morgan fingerprint density at radius 3 is 2.62 bits per heavy atom. The van der Waals surface area contributed by atoms with Crippen LogP contribution in [0.25, 0.3) is 0 Å². The molecule has 13 heavy (non-hydrogen) atoms. The second-order valence-corrected chi connectivity index (χ2v) is 3.29. The van der Waals surface area contributed by atoms with Gasteiger partial charge in [0, 0.05) is 0 Å². The predicted octanol–water partition coefficient (Wildman–Crippen LogP) is 2.10. The highest BCUT2D eigenvalue weighted by Gasteiger charge is 2.16. The number of nitriles is 1. The van der Waals surface area contributed by atoms with Crippen molar-refractivity contribution in [2.75, 3.05) is 14.1 Å². The Morgan fingerprint density at radius 2 is 2.23 bits per heavy atom. The standard InChI is InChI=1S/C10H14N2O/c1-8-4-5-10(13-8)9(6-7-11)12(2)3/h4-5,9H,6H2,1-3H3. The Kier molecular flexibility index (Phi) is 3.10. The van der Waals surface area contributed by atoms with Gasteiger partial charge in [-0.2, -0.15) is 5.26 Å². The number of rotatable bonds is 3. The molecule has 1 atom stereocenters. The number of aryl methyl sites for hydroxylation is 1. The molecule has 0 fully saturated rings. The summed E-state index contributed by atoms with van der Waals surface area (Å²) < 4.78 is 5.47. The molecule has 0 aliphatic heterocycles. The monoisotopic (exact) mass is 178 g/mol. The summed E-state index contributed by atoms with van der Waals surface area (Å²) in [5, 5.41) is 8.64. The Morgan fingerprint density at radius 1 is 1.54 bits per heavy atom.